The topological polar surface area (TPSA) is 106 Å². The molecule has 112 valence electrons. The zero-order valence-electron chi connectivity index (χ0n) is 12.2. The first-order valence-electron chi connectivity index (χ1n) is 6.54. The number of aryl methyl sites for hydroxylation is 1. The van der Waals surface area contributed by atoms with Crippen LogP contribution in [0.3, 0.4) is 0 Å². The summed E-state index contributed by atoms with van der Waals surface area (Å²) >= 11 is 1.55. The van der Waals surface area contributed by atoms with Gasteiger partial charge in [0, 0.05) is 11.3 Å². The molecule has 0 bridgehead atoms. The summed E-state index contributed by atoms with van der Waals surface area (Å²) < 4.78 is 0. The van der Waals surface area contributed by atoms with E-state index >= 15 is 0 Å². The second kappa shape index (κ2) is 6.59. The standard InChI is InChI=1S/C13H18N6OS/c1-7(2)12-15-5-10(19-14)11(18-12)13(20)16-4-9-6-21-8(3)17-9/h5-7,19H,4,14H2,1-3H3,(H,16,20). The first-order chi connectivity index (χ1) is 10.0. The fraction of sp³-hybridized carbons (Fsp3) is 0.385. The number of anilines is 1. The third kappa shape index (κ3) is 3.73. The highest BCUT2D eigenvalue weighted by Crippen LogP contribution is 2.15. The lowest BCUT2D eigenvalue weighted by Gasteiger charge is -2.11. The fourth-order valence-electron chi connectivity index (χ4n) is 1.70. The molecule has 0 fully saturated rings. The summed E-state index contributed by atoms with van der Waals surface area (Å²) in [4.78, 5) is 25.0. The molecule has 0 saturated carbocycles. The monoisotopic (exact) mass is 306 g/mol. The van der Waals surface area contributed by atoms with E-state index in [2.05, 4.69) is 25.7 Å². The molecule has 21 heavy (non-hydrogen) atoms. The molecule has 0 spiro atoms. The molecule has 1 amide bonds. The van der Waals surface area contributed by atoms with Crippen LogP contribution in [0.4, 0.5) is 5.69 Å². The number of nitrogens with zero attached hydrogens (tertiary/aromatic N) is 3. The summed E-state index contributed by atoms with van der Waals surface area (Å²) in [5.41, 5.74) is 3.90. The van der Waals surface area contributed by atoms with Gasteiger partial charge in [-0.25, -0.2) is 15.0 Å². The van der Waals surface area contributed by atoms with Crippen molar-refractivity contribution in [3.05, 3.63) is 33.8 Å². The molecule has 0 aliphatic carbocycles. The third-order valence-corrected chi connectivity index (χ3v) is 3.61. The molecule has 2 rings (SSSR count). The Bertz CT molecular complexity index is 639. The van der Waals surface area contributed by atoms with Crippen LogP contribution in [0.5, 0.6) is 0 Å². The quantitative estimate of drug-likeness (QED) is 0.572. The summed E-state index contributed by atoms with van der Waals surface area (Å²) in [6, 6.07) is 0. The van der Waals surface area contributed by atoms with Crippen molar-refractivity contribution in [2.45, 2.75) is 33.2 Å². The van der Waals surface area contributed by atoms with E-state index in [4.69, 9.17) is 5.84 Å². The fourth-order valence-corrected chi connectivity index (χ4v) is 2.31. The highest BCUT2D eigenvalue weighted by molar-refractivity contribution is 7.09. The molecule has 0 unspecified atom stereocenters. The maximum Gasteiger partial charge on any atom is 0.272 e. The number of carbonyl (C=O) groups is 1. The van der Waals surface area contributed by atoms with Gasteiger partial charge in [-0.2, -0.15) is 0 Å². The van der Waals surface area contributed by atoms with E-state index in [-0.39, 0.29) is 17.5 Å². The molecule has 8 heteroatoms. The van der Waals surface area contributed by atoms with Gasteiger partial charge in [-0.3, -0.25) is 10.6 Å². The number of aromatic nitrogens is 3. The minimum Gasteiger partial charge on any atom is -0.345 e. The van der Waals surface area contributed by atoms with Crippen LogP contribution < -0.4 is 16.6 Å². The maximum absolute atomic E-state index is 12.3. The van der Waals surface area contributed by atoms with E-state index in [0.717, 1.165) is 10.7 Å². The number of nitrogens with one attached hydrogen (secondary N) is 2. The average molecular weight is 306 g/mol. The number of hydrogen-bond acceptors (Lipinski definition) is 7. The number of nitrogens with two attached hydrogens (primary N) is 1. The Morgan fingerprint density at radius 2 is 2.19 bits per heavy atom. The van der Waals surface area contributed by atoms with Crippen LogP contribution in [0.2, 0.25) is 0 Å². The molecule has 2 heterocycles. The van der Waals surface area contributed by atoms with Gasteiger partial charge >= 0.3 is 0 Å². The zero-order valence-corrected chi connectivity index (χ0v) is 13.0. The summed E-state index contributed by atoms with van der Waals surface area (Å²) in [5.74, 6) is 5.83. The molecule has 7 nitrogen and oxygen atoms in total. The van der Waals surface area contributed by atoms with Crippen molar-refractivity contribution >= 4 is 22.9 Å². The van der Waals surface area contributed by atoms with Gasteiger partial charge in [0.15, 0.2) is 5.69 Å². The lowest BCUT2D eigenvalue weighted by molar-refractivity contribution is 0.0946. The summed E-state index contributed by atoms with van der Waals surface area (Å²) in [6.07, 6.45) is 1.52. The van der Waals surface area contributed by atoms with Gasteiger partial charge in [0.25, 0.3) is 5.91 Å². The summed E-state index contributed by atoms with van der Waals surface area (Å²) in [5, 5.41) is 5.67. The first kappa shape index (κ1) is 15.3. The Morgan fingerprint density at radius 1 is 1.43 bits per heavy atom. The predicted molar refractivity (Wildman–Crippen MR) is 82.0 cm³/mol. The van der Waals surface area contributed by atoms with Crippen LogP contribution in [0.15, 0.2) is 11.6 Å². The van der Waals surface area contributed by atoms with Gasteiger partial charge in [0.05, 0.1) is 29.1 Å². The Kier molecular flexibility index (Phi) is 4.81. The SMILES string of the molecule is Cc1nc(CNC(=O)c2nc(C(C)C)ncc2NN)cs1. The molecule has 0 atom stereocenters. The van der Waals surface area contributed by atoms with Crippen LogP contribution in [0, 0.1) is 6.92 Å². The molecule has 2 aromatic rings. The van der Waals surface area contributed by atoms with E-state index in [0.29, 0.717) is 18.1 Å². The number of hydrogen-bond donors (Lipinski definition) is 3. The van der Waals surface area contributed by atoms with Gasteiger partial charge in [-0.05, 0) is 6.92 Å². The maximum atomic E-state index is 12.3. The molecular formula is C13H18N6OS. The van der Waals surface area contributed by atoms with Gasteiger partial charge in [0.2, 0.25) is 0 Å². The molecule has 0 radical (unpaired) electrons. The van der Waals surface area contributed by atoms with Crippen molar-refractivity contribution in [1.82, 2.24) is 20.3 Å². The summed E-state index contributed by atoms with van der Waals surface area (Å²) in [6.45, 7) is 6.20. The second-order valence-corrected chi connectivity index (χ2v) is 5.89. The Morgan fingerprint density at radius 3 is 2.76 bits per heavy atom. The highest BCUT2D eigenvalue weighted by atomic mass is 32.1. The van der Waals surface area contributed by atoms with E-state index in [1.165, 1.54) is 6.20 Å². The Hall–Kier alpha value is -2.06. The van der Waals surface area contributed by atoms with Crippen molar-refractivity contribution in [3.63, 3.8) is 0 Å². The smallest absolute Gasteiger partial charge is 0.272 e. The first-order valence-corrected chi connectivity index (χ1v) is 7.42. The molecule has 0 aliphatic heterocycles. The minimum absolute atomic E-state index is 0.129. The second-order valence-electron chi connectivity index (χ2n) is 4.83. The largest absolute Gasteiger partial charge is 0.345 e. The Balaban J connectivity index is 2.15. The number of hydrazine groups is 1. The van der Waals surface area contributed by atoms with Crippen LogP contribution >= 0.6 is 11.3 Å². The van der Waals surface area contributed by atoms with E-state index in [1.807, 2.05) is 26.2 Å². The molecule has 0 aliphatic rings. The van der Waals surface area contributed by atoms with Crippen molar-refractivity contribution in [2.75, 3.05) is 5.43 Å². The molecule has 4 N–H and O–H groups in total. The lowest BCUT2D eigenvalue weighted by atomic mass is 10.2. The van der Waals surface area contributed by atoms with Crippen molar-refractivity contribution in [2.24, 2.45) is 5.84 Å². The molecule has 2 aromatic heterocycles. The van der Waals surface area contributed by atoms with Crippen LogP contribution in [-0.4, -0.2) is 20.9 Å². The normalized spacial score (nSPS) is 10.7. The minimum atomic E-state index is -0.307. The third-order valence-electron chi connectivity index (χ3n) is 2.79. The number of carbonyl (C=O) groups excluding carboxylic acids is 1. The van der Waals surface area contributed by atoms with Crippen molar-refractivity contribution in [3.8, 4) is 0 Å². The molecule has 0 saturated heterocycles. The van der Waals surface area contributed by atoms with Crippen LogP contribution in [0.1, 0.15) is 46.8 Å². The molecular weight excluding hydrogens is 288 g/mol. The van der Waals surface area contributed by atoms with Gasteiger partial charge in [-0.1, -0.05) is 13.8 Å². The lowest BCUT2D eigenvalue weighted by Crippen LogP contribution is -2.27. The van der Waals surface area contributed by atoms with Crippen LogP contribution in [-0.2, 0) is 6.54 Å². The highest BCUT2D eigenvalue weighted by Gasteiger charge is 2.16. The van der Waals surface area contributed by atoms with E-state index < -0.39 is 0 Å². The van der Waals surface area contributed by atoms with E-state index in [1.54, 1.807) is 11.3 Å². The number of nitrogen functional groups attached to an aromatic ring is 1. The van der Waals surface area contributed by atoms with Gasteiger partial charge in [-0.15, -0.1) is 11.3 Å². The summed E-state index contributed by atoms with van der Waals surface area (Å²) in [7, 11) is 0. The van der Waals surface area contributed by atoms with Gasteiger partial charge in [0.1, 0.15) is 5.82 Å². The zero-order chi connectivity index (χ0) is 15.4. The average Bonchev–Trinajstić information content (AvgIpc) is 2.89. The van der Waals surface area contributed by atoms with Gasteiger partial charge < -0.3 is 10.7 Å². The molecule has 0 aromatic carbocycles. The van der Waals surface area contributed by atoms with Crippen molar-refractivity contribution in [1.29, 1.82) is 0 Å². The number of thiazole rings is 1. The number of rotatable bonds is 5. The predicted octanol–water partition coefficient (Wildman–Crippen LogP) is 1.58. The number of amides is 1. The Labute approximate surface area is 127 Å². The van der Waals surface area contributed by atoms with Crippen LogP contribution in [0.25, 0.3) is 0 Å². The van der Waals surface area contributed by atoms with Crippen molar-refractivity contribution < 1.29 is 4.79 Å². The van der Waals surface area contributed by atoms with E-state index in [9.17, 15) is 4.79 Å².